The lowest BCUT2D eigenvalue weighted by Gasteiger charge is -2.13. The molecule has 0 aromatic carbocycles. The van der Waals surface area contributed by atoms with Crippen LogP contribution in [0.5, 0.6) is 0 Å². The third-order valence-electron chi connectivity index (χ3n) is 2.23. The minimum absolute atomic E-state index is 0.380. The summed E-state index contributed by atoms with van der Waals surface area (Å²) in [4.78, 5) is 10.2. The summed E-state index contributed by atoms with van der Waals surface area (Å²) in [6.07, 6.45) is 1.58. The number of ether oxygens (including phenoxy) is 1. The first-order valence-electron chi connectivity index (χ1n) is 3.92. The van der Waals surface area contributed by atoms with Crippen molar-refractivity contribution in [3.8, 4) is 0 Å². The monoisotopic (exact) mass is 154 g/mol. The SMILES string of the molecule is C=C(C)[C@@H]1COC[C@@H]1CC=O. The molecule has 1 rings (SSSR count). The molecule has 2 nitrogen and oxygen atoms in total. The lowest BCUT2D eigenvalue weighted by molar-refractivity contribution is -0.108. The first kappa shape index (κ1) is 8.47. The summed E-state index contributed by atoms with van der Waals surface area (Å²) in [7, 11) is 0. The molecule has 0 bridgehead atoms. The molecule has 0 saturated carbocycles. The molecule has 2 heteroatoms. The second kappa shape index (κ2) is 3.67. The van der Waals surface area contributed by atoms with Gasteiger partial charge < -0.3 is 9.53 Å². The molecular weight excluding hydrogens is 140 g/mol. The normalized spacial score (nSPS) is 30.3. The Morgan fingerprint density at radius 3 is 3.00 bits per heavy atom. The van der Waals surface area contributed by atoms with Gasteiger partial charge in [-0.3, -0.25) is 0 Å². The molecule has 1 fully saturated rings. The summed E-state index contributed by atoms with van der Waals surface area (Å²) < 4.78 is 5.26. The Hall–Kier alpha value is -0.630. The van der Waals surface area contributed by atoms with Gasteiger partial charge in [0.05, 0.1) is 13.2 Å². The average Bonchev–Trinajstić information content (AvgIpc) is 2.36. The Labute approximate surface area is 67.2 Å². The average molecular weight is 154 g/mol. The van der Waals surface area contributed by atoms with Crippen LogP contribution in [-0.4, -0.2) is 19.5 Å². The van der Waals surface area contributed by atoms with Crippen molar-refractivity contribution in [2.24, 2.45) is 11.8 Å². The summed E-state index contributed by atoms with van der Waals surface area (Å²) in [5, 5.41) is 0. The molecule has 0 N–H and O–H groups in total. The van der Waals surface area contributed by atoms with Crippen LogP contribution in [0.4, 0.5) is 0 Å². The lowest BCUT2D eigenvalue weighted by atomic mass is 9.88. The summed E-state index contributed by atoms with van der Waals surface area (Å²) in [6.45, 7) is 7.33. The highest BCUT2D eigenvalue weighted by molar-refractivity contribution is 5.50. The van der Waals surface area contributed by atoms with E-state index in [2.05, 4.69) is 6.58 Å². The summed E-state index contributed by atoms with van der Waals surface area (Å²) in [5.41, 5.74) is 1.13. The minimum Gasteiger partial charge on any atom is -0.380 e. The van der Waals surface area contributed by atoms with Gasteiger partial charge in [0.2, 0.25) is 0 Å². The van der Waals surface area contributed by atoms with Gasteiger partial charge in [-0.25, -0.2) is 0 Å². The first-order valence-corrected chi connectivity index (χ1v) is 3.92. The predicted octanol–water partition coefficient (Wildman–Crippen LogP) is 1.41. The Bertz CT molecular complexity index is 163. The molecule has 62 valence electrons. The van der Waals surface area contributed by atoms with Gasteiger partial charge in [-0.05, 0) is 12.8 Å². The van der Waals surface area contributed by atoms with Crippen molar-refractivity contribution in [1.82, 2.24) is 0 Å². The first-order chi connectivity index (χ1) is 5.25. The number of aldehydes is 1. The highest BCUT2D eigenvalue weighted by atomic mass is 16.5. The van der Waals surface area contributed by atoms with Crippen molar-refractivity contribution in [1.29, 1.82) is 0 Å². The molecule has 11 heavy (non-hydrogen) atoms. The summed E-state index contributed by atoms with van der Waals surface area (Å²) in [6, 6.07) is 0. The van der Waals surface area contributed by atoms with Crippen molar-refractivity contribution < 1.29 is 9.53 Å². The third kappa shape index (κ3) is 1.90. The number of hydrogen-bond acceptors (Lipinski definition) is 2. The third-order valence-corrected chi connectivity index (χ3v) is 2.23. The standard InChI is InChI=1S/C9H14O2/c1-7(2)9-6-11-5-8(9)3-4-10/h4,8-9H,1,3,5-6H2,2H3/t8-,9-/m0/s1. The van der Waals surface area contributed by atoms with Crippen molar-refractivity contribution in [3.63, 3.8) is 0 Å². The molecular formula is C9H14O2. The van der Waals surface area contributed by atoms with Crippen molar-refractivity contribution in [2.45, 2.75) is 13.3 Å². The lowest BCUT2D eigenvalue weighted by Crippen LogP contribution is -2.13. The number of carbonyl (C=O) groups is 1. The van der Waals surface area contributed by atoms with Crippen LogP contribution >= 0.6 is 0 Å². The highest BCUT2D eigenvalue weighted by Crippen LogP contribution is 2.27. The second-order valence-corrected chi connectivity index (χ2v) is 3.15. The number of rotatable bonds is 3. The van der Waals surface area contributed by atoms with E-state index >= 15 is 0 Å². The Balaban J connectivity index is 2.50. The van der Waals surface area contributed by atoms with Crippen LogP contribution in [0.3, 0.4) is 0 Å². The molecule has 1 aliphatic heterocycles. The molecule has 1 heterocycles. The molecule has 0 aliphatic carbocycles. The summed E-state index contributed by atoms with van der Waals surface area (Å²) in [5.74, 6) is 0.783. The fraction of sp³-hybridized carbons (Fsp3) is 0.667. The van der Waals surface area contributed by atoms with Gasteiger partial charge in [0, 0.05) is 12.3 Å². The Morgan fingerprint density at radius 2 is 2.45 bits per heavy atom. The predicted molar refractivity (Wildman–Crippen MR) is 43.3 cm³/mol. The highest BCUT2D eigenvalue weighted by Gasteiger charge is 2.27. The molecule has 1 saturated heterocycles. The van der Waals surface area contributed by atoms with Gasteiger partial charge in [-0.1, -0.05) is 12.2 Å². The van der Waals surface area contributed by atoms with Gasteiger partial charge in [-0.2, -0.15) is 0 Å². The van der Waals surface area contributed by atoms with E-state index in [1.54, 1.807) is 0 Å². The van der Waals surface area contributed by atoms with E-state index in [1.165, 1.54) is 0 Å². The Kier molecular flexibility index (Phi) is 2.83. The zero-order valence-electron chi connectivity index (χ0n) is 6.88. The van der Waals surface area contributed by atoms with E-state index in [-0.39, 0.29) is 0 Å². The molecule has 0 unspecified atom stereocenters. The van der Waals surface area contributed by atoms with Crippen LogP contribution in [0.1, 0.15) is 13.3 Å². The molecule has 0 radical (unpaired) electrons. The minimum atomic E-state index is 0.380. The van der Waals surface area contributed by atoms with Crippen LogP contribution < -0.4 is 0 Å². The van der Waals surface area contributed by atoms with E-state index < -0.39 is 0 Å². The summed E-state index contributed by atoms with van der Waals surface area (Å²) >= 11 is 0. The fourth-order valence-electron chi connectivity index (χ4n) is 1.50. The van der Waals surface area contributed by atoms with Crippen LogP contribution in [0, 0.1) is 11.8 Å². The van der Waals surface area contributed by atoms with Gasteiger partial charge in [0.1, 0.15) is 6.29 Å². The quantitative estimate of drug-likeness (QED) is 0.454. The van der Waals surface area contributed by atoms with Gasteiger partial charge in [0.25, 0.3) is 0 Å². The van der Waals surface area contributed by atoms with Crippen molar-refractivity contribution in [2.75, 3.05) is 13.2 Å². The van der Waals surface area contributed by atoms with E-state index in [4.69, 9.17) is 4.74 Å². The number of hydrogen-bond donors (Lipinski definition) is 0. The van der Waals surface area contributed by atoms with Gasteiger partial charge in [-0.15, -0.1) is 0 Å². The fourth-order valence-corrected chi connectivity index (χ4v) is 1.50. The molecule has 0 amide bonds. The second-order valence-electron chi connectivity index (χ2n) is 3.15. The van der Waals surface area contributed by atoms with E-state index in [1.807, 2.05) is 6.92 Å². The maximum atomic E-state index is 10.2. The van der Waals surface area contributed by atoms with Gasteiger partial charge in [0.15, 0.2) is 0 Å². The smallest absolute Gasteiger partial charge is 0.120 e. The maximum Gasteiger partial charge on any atom is 0.120 e. The van der Waals surface area contributed by atoms with Crippen LogP contribution in [-0.2, 0) is 9.53 Å². The molecule has 1 aliphatic rings. The molecule has 0 aromatic rings. The van der Waals surface area contributed by atoms with Crippen LogP contribution in [0.2, 0.25) is 0 Å². The van der Waals surface area contributed by atoms with E-state index in [9.17, 15) is 4.79 Å². The van der Waals surface area contributed by atoms with Gasteiger partial charge >= 0.3 is 0 Å². The zero-order chi connectivity index (χ0) is 8.27. The van der Waals surface area contributed by atoms with Crippen LogP contribution in [0.25, 0.3) is 0 Å². The van der Waals surface area contributed by atoms with E-state index in [0.29, 0.717) is 18.3 Å². The number of carbonyl (C=O) groups excluding carboxylic acids is 1. The van der Waals surface area contributed by atoms with Crippen molar-refractivity contribution >= 4 is 6.29 Å². The van der Waals surface area contributed by atoms with E-state index in [0.717, 1.165) is 25.1 Å². The molecule has 0 aromatic heterocycles. The topological polar surface area (TPSA) is 26.3 Å². The Morgan fingerprint density at radius 1 is 1.73 bits per heavy atom. The maximum absolute atomic E-state index is 10.2. The van der Waals surface area contributed by atoms with Crippen LogP contribution in [0.15, 0.2) is 12.2 Å². The molecule has 0 spiro atoms. The largest absolute Gasteiger partial charge is 0.380 e. The zero-order valence-corrected chi connectivity index (χ0v) is 6.88. The molecule has 2 atom stereocenters. The van der Waals surface area contributed by atoms with Crippen molar-refractivity contribution in [3.05, 3.63) is 12.2 Å².